The summed E-state index contributed by atoms with van der Waals surface area (Å²) < 4.78 is 1.93. The van der Waals surface area contributed by atoms with Crippen LogP contribution in [0, 0.1) is 0 Å². The normalized spacial score (nSPS) is 14.6. The number of nitrogens with one attached hydrogen (secondary N) is 1. The SMILES string of the molecule is C[C@@H](Sc1nc(C2CC2)n(-c2ccccc2)n1)C(=O)NCCc1ccccc1. The Hall–Kier alpha value is -2.60. The van der Waals surface area contributed by atoms with Crippen LogP contribution in [0.25, 0.3) is 5.69 Å². The number of carbonyl (C=O) groups is 1. The van der Waals surface area contributed by atoms with Crippen molar-refractivity contribution in [1.82, 2.24) is 20.1 Å². The van der Waals surface area contributed by atoms with Crippen LogP contribution in [0.4, 0.5) is 0 Å². The van der Waals surface area contributed by atoms with Crippen molar-refractivity contribution in [2.24, 2.45) is 0 Å². The van der Waals surface area contributed by atoms with Crippen LogP contribution in [-0.2, 0) is 11.2 Å². The molecule has 3 aromatic rings. The second-order valence-corrected chi connectivity index (χ2v) is 8.37. The third-order valence-electron chi connectivity index (χ3n) is 4.76. The first-order valence-corrected chi connectivity index (χ1v) is 10.6. The molecule has 1 amide bonds. The van der Waals surface area contributed by atoms with Gasteiger partial charge in [-0.15, -0.1) is 5.10 Å². The molecule has 1 N–H and O–H groups in total. The first-order chi connectivity index (χ1) is 13.7. The molecule has 0 spiro atoms. The zero-order valence-corrected chi connectivity index (χ0v) is 16.7. The number of carbonyl (C=O) groups excluding carboxylic acids is 1. The smallest absolute Gasteiger partial charge is 0.233 e. The molecular formula is C22H24N4OS. The molecule has 28 heavy (non-hydrogen) atoms. The van der Waals surface area contributed by atoms with Crippen molar-refractivity contribution in [2.45, 2.75) is 42.5 Å². The van der Waals surface area contributed by atoms with E-state index in [1.807, 2.05) is 60.1 Å². The average molecular weight is 393 g/mol. The summed E-state index contributed by atoms with van der Waals surface area (Å²) in [4.78, 5) is 17.2. The molecule has 0 radical (unpaired) electrons. The van der Waals surface area contributed by atoms with Gasteiger partial charge in [-0.1, -0.05) is 60.3 Å². The highest BCUT2D eigenvalue weighted by molar-refractivity contribution is 8.00. The fourth-order valence-electron chi connectivity index (χ4n) is 3.05. The topological polar surface area (TPSA) is 59.8 Å². The van der Waals surface area contributed by atoms with Crippen LogP contribution in [0.15, 0.2) is 65.8 Å². The molecule has 1 atom stereocenters. The molecule has 0 bridgehead atoms. The molecule has 144 valence electrons. The van der Waals surface area contributed by atoms with Crippen molar-refractivity contribution in [3.8, 4) is 5.69 Å². The molecular weight excluding hydrogens is 368 g/mol. The minimum atomic E-state index is -0.241. The van der Waals surface area contributed by atoms with Gasteiger partial charge in [-0.05, 0) is 43.9 Å². The predicted molar refractivity (Wildman–Crippen MR) is 112 cm³/mol. The van der Waals surface area contributed by atoms with Gasteiger partial charge in [0.15, 0.2) is 0 Å². The molecule has 1 aliphatic rings. The lowest BCUT2D eigenvalue weighted by atomic mass is 10.1. The molecule has 1 aromatic heterocycles. The Morgan fingerprint density at radius 1 is 1.14 bits per heavy atom. The number of hydrogen-bond acceptors (Lipinski definition) is 4. The number of benzene rings is 2. The molecule has 0 unspecified atom stereocenters. The number of aromatic nitrogens is 3. The summed E-state index contributed by atoms with van der Waals surface area (Å²) in [6, 6.07) is 20.3. The Morgan fingerprint density at radius 3 is 2.50 bits per heavy atom. The quantitative estimate of drug-likeness (QED) is 0.589. The Morgan fingerprint density at radius 2 is 1.82 bits per heavy atom. The highest BCUT2D eigenvalue weighted by Gasteiger charge is 2.31. The van der Waals surface area contributed by atoms with Gasteiger partial charge in [-0.25, -0.2) is 9.67 Å². The van der Waals surface area contributed by atoms with E-state index in [1.54, 1.807) is 0 Å². The molecule has 1 heterocycles. The molecule has 1 fully saturated rings. The number of nitrogens with zero attached hydrogens (tertiary/aromatic N) is 3. The molecule has 1 aliphatic carbocycles. The van der Waals surface area contributed by atoms with Gasteiger partial charge < -0.3 is 5.32 Å². The standard InChI is InChI=1S/C22H24N4OS/c1-16(21(27)23-15-14-17-8-4-2-5-9-17)28-22-24-20(18-12-13-18)26(25-22)19-10-6-3-7-11-19/h2-11,16,18H,12-15H2,1H3,(H,23,27)/t16-/m1/s1. The zero-order chi connectivity index (χ0) is 19.3. The summed E-state index contributed by atoms with van der Waals surface area (Å²) in [6.45, 7) is 2.54. The van der Waals surface area contributed by atoms with E-state index in [0.717, 1.165) is 30.8 Å². The Balaban J connectivity index is 1.37. The van der Waals surface area contributed by atoms with Crippen LogP contribution in [0.1, 0.15) is 37.1 Å². The van der Waals surface area contributed by atoms with E-state index in [-0.39, 0.29) is 11.2 Å². The summed E-state index contributed by atoms with van der Waals surface area (Å²) in [5, 5.41) is 8.12. The maximum atomic E-state index is 12.5. The summed E-state index contributed by atoms with van der Waals surface area (Å²) in [5.74, 6) is 1.51. The zero-order valence-electron chi connectivity index (χ0n) is 15.9. The first-order valence-electron chi connectivity index (χ1n) is 9.71. The van der Waals surface area contributed by atoms with Crippen LogP contribution < -0.4 is 5.32 Å². The summed E-state index contributed by atoms with van der Waals surface area (Å²) in [7, 11) is 0. The molecule has 6 heteroatoms. The number of para-hydroxylation sites is 1. The van der Waals surface area contributed by atoms with Crippen molar-refractivity contribution in [2.75, 3.05) is 6.54 Å². The van der Waals surface area contributed by atoms with Crippen molar-refractivity contribution in [3.05, 3.63) is 72.1 Å². The van der Waals surface area contributed by atoms with Gasteiger partial charge in [-0.2, -0.15) is 0 Å². The van der Waals surface area contributed by atoms with Gasteiger partial charge >= 0.3 is 0 Å². The van der Waals surface area contributed by atoms with Gasteiger partial charge in [-0.3, -0.25) is 4.79 Å². The van der Waals surface area contributed by atoms with Crippen molar-refractivity contribution in [3.63, 3.8) is 0 Å². The Bertz CT molecular complexity index is 922. The van der Waals surface area contributed by atoms with E-state index in [4.69, 9.17) is 4.98 Å². The number of hydrogen-bond donors (Lipinski definition) is 1. The minimum Gasteiger partial charge on any atom is -0.355 e. The number of amides is 1. The largest absolute Gasteiger partial charge is 0.355 e. The van der Waals surface area contributed by atoms with E-state index < -0.39 is 0 Å². The lowest BCUT2D eigenvalue weighted by Crippen LogP contribution is -2.32. The lowest BCUT2D eigenvalue weighted by molar-refractivity contribution is -0.120. The molecule has 0 aliphatic heterocycles. The maximum Gasteiger partial charge on any atom is 0.233 e. The molecule has 4 rings (SSSR count). The predicted octanol–water partition coefficient (Wildman–Crippen LogP) is 3.98. The second-order valence-electron chi connectivity index (χ2n) is 7.06. The lowest BCUT2D eigenvalue weighted by Gasteiger charge is -2.10. The van der Waals surface area contributed by atoms with E-state index in [1.165, 1.54) is 17.3 Å². The highest BCUT2D eigenvalue weighted by Crippen LogP contribution is 2.40. The summed E-state index contributed by atoms with van der Waals surface area (Å²) >= 11 is 1.42. The third kappa shape index (κ3) is 4.62. The second kappa shape index (κ2) is 8.61. The molecule has 1 saturated carbocycles. The van der Waals surface area contributed by atoms with Gasteiger partial charge in [0, 0.05) is 12.5 Å². The Labute approximate surface area is 169 Å². The molecule has 0 saturated heterocycles. The van der Waals surface area contributed by atoms with Crippen molar-refractivity contribution >= 4 is 17.7 Å². The Kier molecular flexibility index (Phi) is 5.76. The minimum absolute atomic E-state index is 0.0185. The van der Waals surface area contributed by atoms with Crippen LogP contribution in [-0.4, -0.2) is 32.5 Å². The number of thioether (sulfide) groups is 1. The highest BCUT2D eigenvalue weighted by atomic mass is 32.2. The van der Waals surface area contributed by atoms with Crippen LogP contribution >= 0.6 is 11.8 Å². The van der Waals surface area contributed by atoms with Gasteiger partial charge in [0.05, 0.1) is 10.9 Å². The summed E-state index contributed by atoms with van der Waals surface area (Å²) in [6.07, 6.45) is 3.15. The number of rotatable bonds is 8. The fraction of sp³-hybridized carbons (Fsp3) is 0.318. The monoisotopic (exact) mass is 392 g/mol. The van der Waals surface area contributed by atoms with Gasteiger partial charge in [0.1, 0.15) is 5.82 Å². The van der Waals surface area contributed by atoms with Crippen molar-refractivity contribution < 1.29 is 4.79 Å². The van der Waals surface area contributed by atoms with Crippen LogP contribution in [0.3, 0.4) is 0 Å². The molecule has 5 nitrogen and oxygen atoms in total. The van der Waals surface area contributed by atoms with Crippen LogP contribution in [0.5, 0.6) is 0 Å². The van der Waals surface area contributed by atoms with E-state index in [9.17, 15) is 4.79 Å². The fourth-order valence-corrected chi connectivity index (χ4v) is 3.83. The average Bonchev–Trinajstić information content (AvgIpc) is 3.49. The first kappa shape index (κ1) is 18.7. The van der Waals surface area contributed by atoms with Gasteiger partial charge in [0.25, 0.3) is 0 Å². The third-order valence-corrected chi connectivity index (χ3v) is 5.71. The van der Waals surface area contributed by atoms with E-state index >= 15 is 0 Å². The summed E-state index contributed by atoms with van der Waals surface area (Å²) in [5.41, 5.74) is 2.24. The van der Waals surface area contributed by atoms with E-state index in [0.29, 0.717) is 17.6 Å². The van der Waals surface area contributed by atoms with E-state index in [2.05, 4.69) is 22.5 Å². The molecule has 2 aromatic carbocycles. The van der Waals surface area contributed by atoms with Gasteiger partial charge in [0.2, 0.25) is 11.1 Å². The van der Waals surface area contributed by atoms with Crippen LogP contribution in [0.2, 0.25) is 0 Å². The van der Waals surface area contributed by atoms with Crippen molar-refractivity contribution in [1.29, 1.82) is 0 Å². The maximum absolute atomic E-state index is 12.5.